The van der Waals surface area contributed by atoms with Gasteiger partial charge in [-0.05, 0) is 60.7 Å². The number of rotatable bonds is 4. The predicted molar refractivity (Wildman–Crippen MR) is 108 cm³/mol. The topological polar surface area (TPSA) is 47.0 Å². The first-order valence-corrected chi connectivity index (χ1v) is 9.76. The summed E-state index contributed by atoms with van der Waals surface area (Å²) in [6.07, 6.45) is 1.39. The number of aryl methyl sites for hydroxylation is 1. The normalized spacial score (nSPS) is 16.0. The van der Waals surface area contributed by atoms with Crippen LogP contribution in [0.15, 0.2) is 48.4 Å². The summed E-state index contributed by atoms with van der Waals surface area (Å²) in [5, 5.41) is 3.03. The number of anilines is 1. The molecular weight excluding hydrogens is 410 g/mol. The third kappa shape index (κ3) is 3.73. The van der Waals surface area contributed by atoms with Crippen molar-refractivity contribution in [1.82, 2.24) is 9.97 Å². The van der Waals surface area contributed by atoms with Crippen LogP contribution in [-0.4, -0.2) is 16.1 Å². The molecule has 1 aliphatic heterocycles. The van der Waals surface area contributed by atoms with Gasteiger partial charge in [0.25, 0.3) is 0 Å². The first-order valence-electron chi connectivity index (χ1n) is 9.76. The SMILES string of the molecule is Cc1cc2c(cc1-c1ccc(NC(=C3CC3)c3c(F)cncc3F)nc1)CC(F)(F)O2. The van der Waals surface area contributed by atoms with Gasteiger partial charge in [-0.15, -0.1) is 0 Å². The first-order chi connectivity index (χ1) is 14.8. The molecule has 0 saturated heterocycles. The summed E-state index contributed by atoms with van der Waals surface area (Å²) in [5.74, 6) is -0.875. The number of benzene rings is 1. The number of nitrogens with one attached hydrogen (secondary N) is 1. The molecule has 3 aromatic rings. The van der Waals surface area contributed by atoms with Crippen molar-refractivity contribution >= 4 is 11.5 Å². The Hall–Kier alpha value is -3.42. The molecule has 5 rings (SSSR count). The Kier molecular flexibility index (Phi) is 4.46. The zero-order valence-corrected chi connectivity index (χ0v) is 16.5. The van der Waals surface area contributed by atoms with E-state index in [9.17, 15) is 17.6 Å². The van der Waals surface area contributed by atoms with Gasteiger partial charge >= 0.3 is 6.11 Å². The number of aromatic nitrogens is 2. The molecule has 158 valence electrons. The molecule has 3 heterocycles. The molecule has 0 radical (unpaired) electrons. The molecule has 0 unspecified atom stereocenters. The van der Waals surface area contributed by atoms with Gasteiger partial charge in [-0.2, -0.15) is 8.78 Å². The number of halogens is 4. The highest BCUT2D eigenvalue weighted by Gasteiger charge is 2.40. The van der Waals surface area contributed by atoms with E-state index in [0.717, 1.165) is 47.5 Å². The number of allylic oxidation sites excluding steroid dienone is 1. The molecule has 4 nitrogen and oxygen atoms in total. The zero-order chi connectivity index (χ0) is 21.8. The van der Waals surface area contributed by atoms with Crippen LogP contribution >= 0.6 is 0 Å². The van der Waals surface area contributed by atoms with Crippen LogP contribution in [0.3, 0.4) is 0 Å². The standard InChI is InChI=1S/C23H17F4N3O/c1-12-6-19-15(8-23(26,27)31-19)7-16(12)14-4-5-20(29-9-14)30-22(13-2-3-13)21-17(24)10-28-11-18(21)25/h4-7,9-11H,2-3,8H2,1H3,(H,29,30). The summed E-state index contributed by atoms with van der Waals surface area (Å²) in [7, 11) is 0. The van der Waals surface area contributed by atoms with E-state index in [4.69, 9.17) is 0 Å². The minimum atomic E-state index is -3.19. The van der Waals surface area contributed by atoms with Crippen LogP contribution in [0.2, 0.25) is 0 Å². The third-order valence-electron chi connectivity index (χ3n) is 5.35. The lowest BCUT2D eigenvalue weighted by Gasteiger charge is -2.13. The van der Waals surface area contributed by atoms with Crippen LogP contribution in [-0.2, 0) is 6.42 Å². The number of fused-ring (bicyclic) bond motifs is 1. The van der Waals surface area contributed by atoms with Gasteiger partial charge in [-0.3, -0.25) is 4.98 Å². The van der Waals surface area contributed by atoms with E-state index in [1.54, 1.807) is 30.5 Å². The van der Waals surface area contributed by atoms with Crippen LogP contribution in [0.1, 0.15) is 29.5 Å². The van der Waals surface area contributed by atoms with E-state index in [0.29, 0.717) is 17.1 Å². The number of hydrogen-bond donors (Lipinski definition) is 1. The molecule has 0 amide bonds. The van der Waals surface area contributed by atoms with Gasteiger partial charge in [0.2, 0.25) is 0 Å². The van der Waals surface area contributed by atoms with E-state index in [2.05, 4.69) is 20.0 Å². The van der Waals surface area contributed by atoms with E-state index in [1.165, 1.54) is 0 Å². The zero-order valence-electron chi connectivity index (χ0n) is 16.5. The van der Waals surface area contributed by atoms with E-state index < -0.39 is 24.2 Å². The van der Waals surface area contributed by atoms with Crippen molar-refractivity contribution < 1.29 is 22.3 Å². The average Bonchev–Trinajstić information content (AvgIpc) is 3.50. The van der Waals surface area contributed by atoms with Crippen molar-refractivity contribution in [3.8, 4) is 16.9 Å². The molecule has 1 aliphatic carbocycles. The Balaban J connectivity index is 1.43. The van der Waals surface area contributed by atoms with Gasteiger partial charge < -0.3 is 10.1 Å². The Labute approximate surface area is 175 Å². The van der Waals surface area contributed by atoms with E-state index >= 15 is 0 Å². The van der Waals surface area contributed by atoms with Crippen molar-refractivity contribution in [3.05, 3.63) is 76.8 Å². The summed E-state index contributed by atoms with van der Waals surface area (Å²) in [4.78, 5) is 7.90. The lowest BCUT2D eigenvalue weighted by Crippen LogP contribution is -2.20. The summed E-state index contributed by atoms with van der Waals surface area (Å²) >= 11 is 0. The minimum absolute atomic E-state index is 0.149. The van der Waals surface area contributed by atoms with Crippen LogP contribution in [0.5, 0.6) is 5.75 Å². The fourth-order valence-electron chi connectivity index (χ4n) is 3.73. The van der Waals surface area contributed by atoms with Gasteiger partial charge in [0.05, 0.1) is 30.1 Å². The summed E-state index contributed by atoms with van der Waals surface area (Å²) in [6.45, 7) is 1.81. The molecular formula is C23H17F4N3O. The lowest BCUT2D eigenvalue weighted by atomic mass is 9.98. The van der Waals surface area contributed by atoms with Gasteiger partial charge in [0.15, 0.2) is 11.6 Å². The van der Waals surface area contributed by atoms with Gasteiger partial charge in [-0.1, -0.05) is 0 Å². The molecule has 0 bridgehead atoms. The van der Waals surface area contributed by atoms with Gasteiger partial charge in [-0.25, -0.2) is 13.8 Å². The first kappa shape index (κ1) is 19.5. The maximum absolute atomic E-state index is 14.2. The lowest BCUT2D eigenvalue weighted by molar-refractivity contribution is -0.159. The average molecular weight is 427 g/mol. The van der Waals surface area contributed by atoms with Crippen LogP contribution in [0.4, 0.5) is 23.4 Å². The molecule has 1 saturated carbocycles. The Morgan fingerprint density at radius 2 is 1.81 bits per heavy atom. The summed E-state index contributed by atoms with van der Waals surface area (Å²) in [6, 6.07) is 6.76. The number of pyridine rings is 2. The number of alkyl halides is 2. The van der Waals surface area contributed by atoms with Crippen molar-refractivity contribution in [1.29, 1.82) is 0 Å². The summed E-state index contributed by atoms with van der Waals surface area (Å²) < 4.78 is 60.2. The number of hydrogen-bond acceptors (Lipinski definition) is 4. The fourth-order valence-corrected chi connectivity index (χ4v) is 3.73. The van der Waals surface area contributed by atoms with Crippen molar-refractivity contribution in [2.24, 2.45) is 0 Å². The molecule has 1 N–H and O–H groups in total. The smallest absolute Gasteiger partial charge is 0.402 e. The monoisotopic (exact) mass is 427 g/mol. The highest BCUT2D eigenvalue weighted by Crippen LogP contribution is 2.41. The van der Waals surface area contributed by atoms with Crippen molar-refractivity contribution in [2.75, 3.05) is 5.32 Å². The second kappa shape index (κ2) is 7.08. The molecule has 0 spiro atoms. The van der Waals surface area contributed by atoms with Gasteiger partial charge in [0, 0.05) is 17.3 Å². The fraction of sp³-hybridized carbons (Fsp3) is 0.217. The van der Waals surface area contributed by atoms with Crippen LogP contribution in [0.25, 0.3) is 16.8 Å². The maximum Gasteiger partial charge on any atom is 0.402 e. The number of nitrogens with zero attached hydrogens (tertiary/aromatic N) is 2. The molecule has 1 fully saturated rings. The highest BCUT2D eigenvalue weighted by atomic mass is 19.3. The Morgan fingerprint density at radius 3 is 2.45 bits per heavy atom. The van der Waals surface area contributed by atoms with Crippen LogP contribution in [0, 0.1) is 18.6 Å². The molecule has 31 heavy (non-hydrogen) atoms. The molecule has 0 atom stereocenters. The van der Waals surface area contributed by atoms with Crippen molar-refractivity contribution in [3.63, 3.8) is 0 Å². The van der Waals surface area contributed by atoms with E-state index in [-0.39, 0.29) is 11.3 Å². The second-order valence-corrected chi connectivity index (χ2v) is 7.70. The van der Waals surface area contributed by atoms with Crippen molar-refractivity contribution in [2.45, 2.75) is 32.3 Å². The largest absolute Gasteiger partial charge is 0.432 e. The molecule has 8 heteroatoms. The predicted octanol–water partition coefficient (Wildman–Crippen LogP) is 5.87. The third-order valence-corrected chi connectivity index (χ3v) is 5.35. The minimum Gasteiger partial charge on any atom is -0.432 e. The highest BCUT2D eigenvalue weighted by molar-refractivity contribution is 5.81. The summed E-state index contributed by atoms with van der Waals surface area (Å²) in [5.41, 5.74) is 3.85. The second-order valence-electron chi connectivity index (χ2n) is 7.70. The quantitative estimate of drug-likeness (QED) is 0.529. The number of ether oxygens (including phenoxy) is 1. The molecule has 2 aliphatic rings. The maximum atomic E-state index is 14.2. The Bertz CT molecular complexity index is 1200. The Morgan fingerprint density at radius 1 is 1.06 bits per heavy atom. The molecule has 2 aromatic heterocycles. The van der Waals surface area contributed by atoms with Gasteiger partial charge in [0.1, 0.15) is 11.6 Å². The van der Waals surface area contributed by atoms with E-state index in [1.807, 2.05) is 6.92 Å². The van der Waals surface area contributed by atoms with Crippen LogP contribution < -0.4 is 10.1 Å². The molecule has 1 aromatic carbocycles.